The summed E-state index contributed by atoms with van der Waals surface area (Å²) in [7, 11) is -1.15. The van der Waals surface area contributed by atoms with Crippen molar-refractivity contribution in [3.05, 3.63) is 17.9 Å². The van der Waals surface area contributed by atoms with E-state index in [1.165, 1.54) is 25.7 Å². The Morgan fingerprint density at radius 1 is 1.00 bits per heavy atom. The first-order chi connectivity index (χ1) is 7.56. The minimum Gasteiger partial charge on any atom is -0.132 e. The Morgan fingerprint density at radius 3 is 2.31 bits per heavy atom. The zero-order valence-corrected chi connectivity index (χ0v) is 12.4. The van der Waals surface area contributed by atoms with Gasteiger partial charge in [0.2, 0.25) is 0 Å². The maximum absolute atomic E-state index is 3.37. The van der Waals surface area contributed by atoms with Gasteiger partial charge in [-0.3, -0.25) is 0 Å². The number of hydrogen-bond acceptors (Lipinski definition) is 0. The summed E-state index contributed by atoms with van der Waals surface area (Å²) in [5.41, 5.74) is 6.61. The van der Waals surface area contributed by atoms with Crippen LogP contribution in [-0.2, 0) is 0 Å². The number of allylic oxidation sites excluding steroid dienone is 1. The van der Waals surface area contributed by atoms with E-state index >= 15 is 0 Å². The number of hydrogen-bond donors (Lipinski definition) is 0. The highest BCUT2D eigenvalue weighted by atomic mass is 28.3. The zero-order chi connectivity index (χ0) is 12.3. The summed E-state index contributed by atoms with van der Waals surface area (Å²) in [4.78, 5) is 0. The molecular formula is C15H26Si. The van der Waals surface area contributed by atoms with E-state index in [2.05, 4.69) is 55.9 Å². The van der Waals surface area contributed by atoms with Crippen LogP contribution in [0.15, 0.2) is 17.9 Å². The van der Waals surface area contributed by atoms with E-state index < -0.39 is 8.07 Å². The molecule has 0 bridgehead atoms. The molecule has 0 rings (SSSR count). The van der Waals surface area contributed by atoms with Crippen molar-refractivity contribution in [2.45, 2.75) is 65.1 Å². The standard InChI is InChI=1S/C15H26Si/c1-5-6-7-8-9-10-11-12-13-14-15-16(2,3)4/h9,11H,5-8,12-13H2,1-4H3. The Kier molecular flexibility index (Phi) is 9.10. The highest BCUT2D eigenvalue weighted by Crippen LogP contribution is 1.99. The van der Waals surface area contributed by atoms with E-state index in [0.29, 0.717) is 0 Å². The van der Waals surface area contributed by atoms with Crippen LogP contribution >= 0.6 is 0 Å². The molecule has 0 radical (unpaired) electrons. The molecule has 0 spiro atoms. The van der Waals surface area contributed by atoms with Gasteiger partial charge in [0.05, 0.1) is 0 Å². The quantitative estimate of drug-likeness (QED) is 0.264. The van der Waals surface area contributed by atoms with Crippen molar-refractivity contribution >= 4 is 8.07 Å². The summed E-state index contributed by atoms with van der Waals surface area (Å²) in [5, 5.41) is 0. The SMILES string of the molecule is CCCCCC=C=CCCC#C[Si](C)(C)C. The maximum atomic E-state index is 3.37. The first-order valence-electron chi connectivity index (χ1n) is 6.45. The van der Waals surface area contributed by atoms with E-state index in [9.17, 15) is 0 Å². The molecule has 0 heterocycles. The van der Waals surface area contributed by atoms with Crippen LogP contribution < -0.4 is 0 Å². The van der Waals surface area contributed by atoms with Gasteiger partial charge in [-0.05, 0) is 31.4 Å². The molecule has 0 N–H and O–H groups in total. The van der Waals surface area contributed by atoms with Crippen molar-refractivity contribution in [3.63, 3.8) is 0 Å². The van der Waals surface area contributed by atoms with Crippen molar-refractivity contribution in [1.82, 2.24) is 0 Å². The predicted octanol–water partition coefficient (Wildman–Crippen LogP) is 4.94. The predicted molar refractivity (Wildman–Crippen MR) is 77.2 cm³/mol. The Labute approximate surface area is 103 Å². The summed E-state index contributed by atoms with van der Waals surface area (Å²) in [6, 6.07) is 0. The molecule has 0 aliphatic heterocycles. The third-order valence-electron chi connectivity index (χ3n) is 2.06. The first kappa shape index (κ1) is 15.3. The minimum atomic E-state index is -1.15. The van der Waals surface area contributed by atoms with Crippen molar-refractivity contribution in [2.24, 2.45) is 0 Å². The van der Waals surface area contributed by atoms with Crippen LogP contribution in [0.4, 0.5) is 0 Å². The van der Waals surface area contributed by atoms with Gasteiger partial charge in [-0.1, -0.05) is 39.4 Å². The van der Waals surface area contributed by atoms with E-state index in [4.69, 9.17) is 0 Å². The number of unbranched alkanes of at least 4 members (excludes halogenated alkanes) is 4. The van der Waals surface area contributed by atoms with Gasteiger partial charge in [0.15, 0.2) is 0 Å². The second-order valence-electron chi connectivity index (χ2n) is 5.16. The van der Waals surface area contributed by atoms with Gasteiger partial charge in [-0.25, -0.2) is 0 Å². The van der Waals surface area contributed by atoms with Gasteiger partial charge in [0.25, 0.3) is 0 Å². The highest BCUT2D eigenvalue weighted by molar-refractivity contribution is 6.83. The summed E-state index contributed by atoms with van der Waals surface area (Å²) in [5.74, 6) is 3.26. The molecule has 0 fully saturated rings. The average molecular weight is 234 g/mol. The molecule has 0 aliphatic rings. The monoisotopic (exact) mass is 234 g/mol. The van der Waals surface area contributed by atoms with E-state index in [0.717, 1.165) is 12.8 Å². The van der Waals surface area contributed by atoms with Gasteiger partial charge < -0.3 is 0 Å². The third-order valence-corrected chi connectivity index (χ3v) is 2.99. The normalized spacial score (nSPS) is 10.0. The Morgan fingerprint density at radius 2 is 1.69 bits per heavy atom. The molecule has 1 heteroatoms. The fraction of sp³-hybridized carbons (Fsp3) is 0.667. The highest BCUT2D eigenvalue weighted by Gasteiger charge is 2.06. The summed E-state index contributed by atoms with van der Waals surface area (Å²) in [6.07, 6.45) is 11.4. The Bertz CT molecular complexity index is 277. The van der Waals surface area contributed by atoms with Gasteiger partial charge in [-0.2, -0.15) is 0 Å². The summed E-state index contributed by atoms with van der Waals surface area (Å²) in [6.45, 7) is 9.08. The molecule has 0 atom stereocenters. The van der Waals surface area contributed by atoms with Crippen LogP contribution in [0, 0.1) is 11.5 Å². The molecule has 0 saturated heterocycles. The lowest BCUT2D eigenvalue weighted by atomic mass is 10.2. The molecule has 0 saturated carbocycles. The fourth-order valence-corrected chi connectivity index (χ4v) is 1.87. The topological polar surface area (TPSA) is 0 Å². The molecule has 16 heavy (non-hydrogen) atoms. The molecule has 0 unspecified atom stereocenters. The van der Waals surface area contributed by atoms with E-state index in [1.807, 2.05) is 0 Å². The van der Waals surface area contributed by atoms with Gasteiger partial charge in [0, 0.05) is 6.42 Å². The smallest absolute Gasteiger partial charge is 0.129 e. The lowest BCUT2D eigenvalue weighted by molar-refractivity contribution is 0.729. The molecule has 0 aromatic rings. The van der Waals surface area contributed by atoms with Crippen LogP contribution in [0.2, 0.25) is 19.6 Å². The molecule has 0 aromatic carbocycles. The zero-order valence-electron chi connectivity index (χ0n) is 11.4. The van der Waals surface area contributed by atoms with Crippen molar-refractivity contribution in [3.8, 4) is 11.5 Å². The van der Waals surface area contributed by atoms with Crippen LogP contribution in [0.3, 0.4) is 0 Å². The molecule has 0 aromatic heterocycles. The van der Waals surface area contributed by atoms with Crippen LogP contribution in [-0.4, -0.2) is 8.07 Å². The Balaban J connectivity index is 3.57. The van der Waals surface area contributed by atoms with Crippen molar-refractivity contribution in [1.29, 1.82) is 0 Å². The molecule has 0 aliphatic carbocycles. The lowest BCUT2D eigenvalue weighted by Crippen LogP contribution is -2.16. The molecular weight excluding hydrogens is 208 g/mol. The van der Waals surface area contributed by atoms with Crippen molar-refractivity contribution in [2.75, 3.05) is 0 Å². The summed E-state index contributed by atoms with van der Waals surface area (Å²) < 4.78 is 0. The second kappa shape index (κ2) is 9.52. The van der Waals surface area contributed by atoms with E-state index in [-0.39, 0.29) is 0 Å². The van der Waals surface area contributed by atoms with Crippen LogP contribution in [0.25, 0.3) is 0 Å². The molecule has 90 valence electrons. The van der Waals surface area contributed by atoms with Crippen LogP contribution in [0.1, 0.15) is 45.4 Å². The Hall–Kier alpha value is -0.703. The van der Waals surface area contributed by atoms with E-state index in [1.54, 1.807) is 0 Å². The van der Waals surface area contributed by atoms with Gasteiger partial charge in [-0.15, -0.1) is 17.2 Å². The van der Waals surface area contributed by atoms with Gasteiger partial charge >= 0.3 is 0 Å². The first-order valence-corrected chi connectivity index (χ1v) is 9.95. The second-order valence-corrected chi connectivity index (χ2v) is 9.91. The summed E-state index contributed by atoms with van der Waals surface area (Å²) >= 11 is 0. The van der Waals surface area contributed by atoms with Crippen molar-refractivity contribution < 1.29 is 0 Å². The minimum absolute atomic E-state index is 0.986. The molecule has 0 nitrogen and oxygen atoms in total. The lowest BCUT2D eigenvalue weighted by Gasteiger charge is -2.02. The maximum Gasteiger partial charge on any atom is 0.129 e. The molecule has 0 amide bonds. The fourth-order valence-electron chi connectivity index (χ4n) is 1.22. The largest absolute Gasteiger partial charge is 0.132 e. The number of rotatable bonds is 6. The average Bonchev–Trinajstić information content (AvgIpc) is 2.19. The third kappa shape index (κ3) is 13.3. The van der Waals surface area contributed by atoms with Gasteiger partial charge in [0.1, 0.15) is 8.07 Å². The van der Waals surface area contributed by atoms with Crippen LogP contribution in [0.5, 0.6) is 0 Å².